The first-order chi connectivity index (χ1) is 17.1. The average Bonchev–Trinajstić information content (AvgIpc) is 2.89. The van der Waals surface area contributed by atoms with Crippen molar-refractivity contribution >= 4 is 34.2 Å². The van der Waals surface area contributed by atoms with Crippen LogP contribution in [0.3, 0.4) is 0 Å². The van der Waals surface area contributed by atoms with Crippen LogP contribution in [0.4, 0.5) is 5.69 Å². The molecule has 178 valence electrons. The van der Waals surface area contributed by atoms with Gasteiger partial charge in [0.25, 0.3) is 0 Å². The van der Waals surface area contributed by atoms with Gasteiger partial charge >= 0.3 is 0 Å². The molecule has 0 aliphatic heterocycles. The van der Waals surface area contributed by atoms with Crippen molar-refractivity contribution in [3.8, 4) is 11.5 Å². The maximum atomic E-state index is 9.74. The molecule has 0 atom stereocenters. The lowest BCUT2D eigenvalue weighted by atomic mass is 10.1. The molecule has 1 N–H and O–H groups in total. The largest absolute Gasteiger partial charge is 0.508 e. The van der Waals surface area contributed by atoms with Crippen molar-refractivity contribution in [3.63, 3.8) is 0 Å². The van der Waals surface area contributed by atoms with Crippen molar-refractivity contribution in [3.05, 3.63) is 119 Å². The number of halogens is 1. The lowest BCUT2D eigenvalue weighted by molar-refractivity contribution is 0.413. The number of methoxy groups -OCH3 is 1. The molecule has 0 aromatic heterocycles. The van der Waals surface area contributed by atoms with Gasteiger partial charge in [-0.05, 0) is 78.2 Å². The Hall–Kier alpha value is -3.41. The summed E-state index contributed by atoms with van der Waals surface area (Å²) in [5.41, 5.74) is 3.15. The van der Waals surface area contributed by atoms with Crippen molar-refractivity contribution in [1.29, 1.82) is 0 Å². The summed E-state index contributed by atoms with van der Waals surface area (Å²) in [6.07, 6.45) is 0.844. The number of rotatable bonds is 8. The second-order valence-electron chi connectivity index (χ2n) is 7.97. The number of thioether (sulfide) groups is 1. The second-order valence-corrected chi connectivity index (χ2v) is 9.45. The number of hydrogen-bond donors (Lipinski definition) is 1. The number of nitrogens with zero attached hydrogens (tertiary/aromatic N) is 2. The molecule has 6 heteroatoms. The fourth-order valence-corrected chi connectivity index (χ4v) is 4.56. The van der Waals surface area contributed by atoms with Crippen LogP contribution in [0.5, 0.6) is 11.5 Å². The zero-order valence-corrected chi connectivity index (χ0v) is 21.0. The Kier molecular flexibility index (Phi) is 8.71. The second kappa shape index (κ2) is 12.3. The van der Waals surface area contributed by atoms with Crippen LogP contribution in [0.15, 0.2) is 113 Å². The summed E-state index contributed by atoms with van der Waals surface area (Å²) in [7, 11) is 1.68. The molecule has 0 unspecified atom stereocenters. The van der Waals surface area contributed by atoms with Crippen LogP contribution in [-0.4, -0.2) is 28.8 Å². The van der Waals surface area contributed by atoms with Crippen molar-refractivity contribution in [2.24, 2.45) is 4.99 Å². The van der Waals surface area contributed by atoms with Gasteiger partial charge in [-0.15, -0.1) is 0 Å². The quantitative estimate of drug-likeness (QED) is 0.153. The first-order valence-electron chi connectivity index (χ1n) is 11.3. The van der Waals surface area contributed by atoms with E-state index in [2.05, 4.69) is 29.2 Å². The minimum absolute atomic E-state index is 0.257. The molecule has 0 saturated carbocycles. The van der Waals surface area contributed by atoms with Gasteiger partial charge in [-0.1, -0.05) is 65.8 Å². The van der Waals surface area contributed by atoms with Gasteiger partial charge in [0.15, 0.2) is 5.17 Å². The zero-order chi connectivity index (χ0) is 24.5. The monoisotopic (exact) mass is 502 g/mol. The summed E-state index contributed by atoms with van der Waals surface area (Å²) in [5, 5.41) is 11.3. The van der Waals surface area contributed by atoms with Crippen molar-refractivity contribution < 1.29 is 9.84 Å². The Morgan fingerprint density at radius 1 is 0.857 bits per heavy atom. The summed E-state index contributed by atoms with van der Waals surface area (Å²) in [5.74, 6) is 1.10. The SMILES string of the molecule is COc1ccc(CCN(Cc2ccc(O)cc2)C(=Nc2ccc(Cl)cc2)Sc2ccccc2)cc1. The standard InChI is InChI=1S/C29H27ClN2O2S/c1-34-27-17-9-22(10-18-27)19-20-32(21-23-7-15-26(33)16-8-23)29(35-28-5-3-2-4-6-28)31-25-13-11-24(30)12-14-25/h2-18,33H,19-21H2,1H3. The van der Waals surface area contributed by atoms with Crippen molar-refractivity contribution in [1.82, 2.24) is 4.90 Å². The first kappa shape index (κ1) is 24.7. The molecule has 0 fully saturated rings. The Morgan fingerprint density at radius 3 is 2.17 bits per heavy atom. The van der Waals surface area contributed by atoms with E-state index in [1.807, 2.05) is 66.7 Å². The third-order valence-corrected chi connectivity index (χ3v) is 6.71. The van der Waals surface area contributed by atoms with E-state index in [0.29, 0.717) is 11.6 Å². The van der Waals surface area contributed by atoms with Crippen LogP contribution in [-0.2, 0) is 13.0 Å². The highest BCUT2D eigenvalue weighted by Crippen LogP contribution is 2.27. The molecule has 4 aromatic carbocycles. The van der Waals surface area contributed by atoms with Crippen molar-refractivity contribution in [2.45, 2.75) is 17.9 Å². The third-order valence-electron chi connectivity index (χ3n) is 5.41. The Morgan fingerprint density at radius 2 is 1.51 bits per heavy atom. The van der Waals surface area contributed by atoms with E-state index in [1.54, 1.807) is 31.0 Å². The van der Waals surface area contributed by atoms with Crippen LogP contribution >= 0.6 is 23.4 Å². The van der Waals surface area contributed by atoms with Crippen LogP contribution < -0.4 is 4.74 Å². The van der Waals surface area contributed by atoms with E-state index in [4.69, 9.17) is 21.3 Å². The molecule has 35 heavy (non-hydrogen) atoms. The van der Waals surface area contributed by atoms with Gasteiger partial charge in [0.05, 0.1) is 12.8 Å². The van der Waals surface area contributed by atoms with Gasteiger partial charge in [0, 0.05) is 23.0 Å². The molecule has 0 aliphatic rings. The van der Waals surface area contributed by atoms with Gasteiger partial charge in [-0.3, -0.25) is 0 Å². The number of phenols is 1. The van der Waals surface area contributed by atoms with E-state index < -0.39 is 0 Å². The lowest BCUT2D eigenvalue weighted by Crippen LogP contribution is -2.30. The molecule has 0 bridgehead atoms. The third kappa shape index (κ3) is 7.54. The van der Waals surface area contributed by atoms with E-state index in [9.17, 15) is 5.11 Å². The maximum Gasteiger partial charge on any atom is 0.169 e. The summed E-state index contributed by atoms with van der Waals surface area (Å²) < 4.78 is 5.30. The summed E-state index contributed by atoms with van der Waals surface area (Å²) in [6, 6.07) is 33.3. The van der Waals surface area contributed by atoms with Gasteiger partial charge < -0.3 is 14.7 Å². The highest BCUT2D eigenvalue weighted by molar-refractivity contribution is 8.13. The molecule has 0 amide bonds. The molecule has 0 radical (unpaired) electrons. The molecular formula is C29H27ClN2O2S. The minimum Gasteiger partial charge on any atom is -0.508 e. The smallest absolute Gasteiger partial charge is 0.169 e. The number of amidine groups is 1. The molecule has 4 aromatic rings. The topological polar surface area (TPSA) is 45.1 Å². The number of aliphatic imine (C=N–C) groups is 1. The maximum absolute atomic E-state index is 9.74. The summed E-state index contributed by atoms with van der Waals surface area (Å²) in [4.78, 5) is 8.42. The molecule has 0 saturated heterocycles. The number of hydrogen-bond acceptors (Lipinski definition) is 4. The van der Waals surface area contributed by atoms with Gasteiger partial charge in [0.2, 0.25) is 0 Å². The van der Waals surface area contributed by atoms with Crippen LogP contribution in [0.1, 0.15) is 11.1 Å². The van der Waals surface area contributed by atoms with E-state index in [0.717, 1.165) is 40.0 Å². The highest BCUT2D eigenvalue weighted by Gasteiger charge is 2.15. The molecule has 0 aliphatic carbocycles. The first-order valence-corrected chi connectivity index (χ1v) is 12.5. The number of ether oxygens (including phenoxy) is 1. The minimum atomic E-state index is 0.257. The Labute approximate surface area is 215 Å². The number of phenolic OH excluding ortho intramolecular Hbond substituents is 1. The fourth-order valence-electron chi connectivity index (χ4n) is 3.50. The predicted octanol–water partition coefficient (Wildman–Crippen LogP) is 7.58. The Balaban J connectivity index is 1.66. The highest BCUT2D eigenvalue weighted by atomic mass is 35.5. The lowest BCUT2D eigenvalue weighted by Gasteiger charge is -2.26. The van der Waals surface area contributed by atoms with Crippen molar-refractivity contribution in [2.75, 3.05) is 13.7 Å². The van der Waals surface area contributed by atoms with Crippen LogP contribution in [0.25, 0.3) is 0 Å². The molecule has 4 nitrogen and oxygen atoms in total. The molecule has 0 heterocycles. The fraction of sp³-hybridized carbons (Fsp3) is 0.138. The predicted molar refractivity (Wildman–Crippen MR) is 146 cm³/mol. The van der Waals surface area contributed by atoms with E-state index in [1.165, 1.54) is 5.56 Å². The van der Waals surface area contributed by atoms with Gasteiger partial charge in [-0.25, -0.2) is 4.99 Å². The Bertz CT molecular complexity index is 1230. The van der Waals surface area contributed by atoms with Crippen LogP contribution in [0.2, 0.25) is 5.02 Å². The molecule has 4 rings (SSSR count). The number of benzene rings is 4. The van der Waals surface area contributed by atoms with Crippen LogP contribution in [0, 0.1) is 0 Å². The van der Waals surface area contributed by atoms with E-state index >= 15 is 0 Å². The molecular weight excluding hydrogens is 476 g/mol. The van der Waals surface area contributed by atoms with Gasteiger partial charge in [0.1, 0.15) is 11.5 Å². The summed E-state index contributed by atoms with van der Waals surface area (Å²) in [6.45, 7) is 1.42. The average molecular weight is 503 g/mol. The van der Waals surface area contributed by atoms with E-state index in [-0.39, 0.29) is 5.75 Å². The molecule has 0 spiro atoms. The zero-order valence-electron chi connectivity index (χ0n) is 19.5. The van der Waals surface area contributed by atoms with Gasteiger partial charge in [-0.2, -0.15) is 0 Å². The normalized spacial score (nSPS) is 11.3. The number of aromatic hydroxyl groups is 1. The summed E-state index contributed by atoms with van der Waals surface area (Å²) >= 11 is 7.74.